The van der Waals surface area contributed by atoms with Crippen LogP contribution in [0.1, 0.15) is 31.2 Å². The summed E-state index contributed by atoms with van der Waals surface area (Å²) in [6.45, 7) is 0.298. The summed E-state index contributed by atoms with van der Waals surface area (Å²) < 4.78 is 46.6. The highest BCUT2D eigenvalue weighted by molar-refractivity contribution is 7.89. The second-order valence-electron chi connectivity index (χ2n) is 6.12. The van der Waals surface area contributed by atoms with E-state index in [1.54, 1.807) is 0 Å². The quantitative estimate of drug-likeness (QED) is 0.676. The molecule has 3 aromatic rings. The smallest absolute Gasteiger partial charge is 0.267 e. The van der Waals surface area contributed by atoms with E-state index in [1.165, 1.54) is 41.1 Å². The Balaban J connectivity index is 1.68. The Hall–Kier alpha value is -2.72. The molecule has 0 amide bonds. The van der Waals surface area contributed by atoms with E-state index in [2.05, 4.69) is 20.2 Å². The number of rotatable bonds is 4. The van der Waals surface area contributed by atoms with Crippen LogP contribution in [0.25, 0.3) is 11.6 Å². The number of aromatic nitrogens is 4. The second-order valence-corrected chi connectivity index (χ2v) is 8.01. The molecular formula is C17H16FN5O3S. The standard InChI is InChI=1S/C17H16FN5O3S/c18-12-4-3-5-13(10-12)27(24,25)23-9-2-1-6-15(23)17-22-21-16(26-17)14-11-19-7-8-20-14/h3-5,7-8,10-11,15H,1-2,6,9H2/t15-/m0/s1. The third-order valence-corrected chi connectivity index (χ3v) is 6.27. The fourth-order valence-electron chi connectivity index (χ4n) is 3.08. The lowest BCUT2D eigenvalue weighted by molar-refractivity contribution is 0.220. The van der Waals surface area contributed by atoms with Crippen LogP contribution in [0.15, 0.2) is 52.2 Å². The number of benzene rings is 1. The predicted octanol–water partition coefficient (Wildman–Crippen LogP) is 2.58. The molecule has 0 bridgehead atoms. The Kier molecular flexibility index (Phi) is 4.66. The molecular weight excluding hydrogens is 373 g/mol. The average molecular weight is 389 g/mol. The zero-order valence-corrected chi connectivity index (χ0v) is 15.0. The normalized spacial score (nSPS) is 18.5. The van der Waals surface area contributed by atoms with E-state index in [4.69, 9.17) is 4.42 Å². The monoisotopic (exact) mass is 389 g/mol. The highest BCUT2D eigenvalue weighted by Gasteiger charge is 2.37. The van der Waals surface area contributed by atoms with Gasteiger partial charge in [0.1, 0.15) is 17.6 Å². The zero-order valence-electron chi connectivity index (χ0n) is 14.2. The molecule has 0 unspecified atom stereocenters. The van der Waals surface area contributed by atoms with E-state index < -0.39 is 21.9 Å². The maximum Gasteiger partial charge on any atom is 0.267 e. The summed E-state index contributed by atoms with van der Waals surface area (Å²) in [5, 5.41) is 7.99. The Morgan fingerprint density at radius 1 is 1.19 bits per heavy atom. The van der Waals surface area contributed by atoms with Crippen LogP contribution in [0.2, 0.25) is 0 Å². The topological polar surface area (TPSA) is 102 Å². The molecule has 3 heterocycles. The molecule has 2 aromatic heterocycles. The fourth-order valence-corrected chi connectivity index (χ4v) is 4.77. The largest absolute Gasteiger partial charge is 0.417 e. The van der Waals surface area contributed by atoms with Crippen LogP contribution >= 0.6 is 0 Å². The minimum Gasteiger partial charge on any atom is -0.417 e. The number of halogens is 1. The maximum atomic E-state index is 13.5. The van der Waals surface area contributed by atoms with E-state index in [9.17, 15) is 12.8 Å². The van der Waals surface area contributed by atoms with Gasteiger partial charge in [0.15, 0.2) is 0 Å². The molecule has 0 N–H and O–H groups in total. The van der Waals surface area contributed by atoms with Crippen molar-refractivity contribution >= 4 is 10.0 Å². The second kappa shape index (κ2) is 7.12. The highest BCUT2D eigenvalue weighted by Crippen LogP contribution is 2.35. The SMILES string of the molecule is O=S(=O)(c1cccc(F)c1)N1CCCC[C@H]1c1nnc(-c2cnccn2)o1. The molecule has 0 aliphatic carbocycles. The molecule has 27 heavy (non-hydrogen) atoms. The molecule has 1 aromatic carbocycles. The van der Waals surface area contributed by atoms with Gasteiger partial charge in [-0.25, -0.2) is 17.8 Å². The van der Waals surface area contributed by atoms with Gasteiger partial charge < -0.3 is 4.42 Å². The molecule has 1 saturated heterocycles. The molecule has 140 valence electrons. The molecule has 1 aliphatic rings. The molecule has 1 fully saturated rings. The highest BCUT2D eigenvalue weighted by atomic mass is 32.2. The minimum atomic E-state index is -3.90. The lowest BCUT2D eigenvalue weighted by Crippen LogP contribution is -2.38. The zero-order chi connectivity index (χ0) is 18.9. The van der Waals surface area contributed by atoms with E-state index in [0.717, 1.165) is 12.5 Å². The van der Waals surface area contributed by atoms with Crippen molar-refractivity contribution in [1.29, 1.82) is 0 Å². The average Bonchev–Trinajstić information content (AvgIpc) is 3.19. The summed E-state index contributed by atoms with van der Waals surface area (Å²) in [5.41, 5.74) is 0.409. The van der Waals surface area contributed by atoms with Gasteiger partial charge in [0, 0.05) is 18.9 Å². The summed E-state index contributed by atoms with van der Waals surface area (Å²) in [6, 6.07) is 4.37. The first kappa shape index (κ1) is 17.7. The van der Waals surface area contributed by atoms with Gasteiger partial charge >= 0.3 is 0 Å². The van der Waals surface area contributed by atoms with Gasteiger partial charge in [-0.15, -0.1) is 10.2 Å². The number of piperidine rings is 1. The molecule has 10 heteroatoms. The maximum absolute atomic E-state index is 13.5. The van der Waals surface area contributed by atoms with Crippen LogP contribution in [0.4, 0.5) is 4.39 Å². The van der Waals surface area contributed by atoms with Crippen molar-refractivity contribution in [2.75, 3.05) is 6.54 Å². The Morgan fingerprint density at radius 2 is 2.07 bits per heavy atom. The van der Waals surface area contributed by atoms with Gasteiger partial charge in [-0.2, -0.15) is 4.31 Å². The third kappa shape index (κ3) is 3.45. The van der Waals surface area contributed by atoms with Gasteiger partial charge in [0.2, 0.25) is 15.9 Å². The van der Waals surface area contributed by atoms with Crippen molar-refractivity contribution in [3.05, 3.63) is 54.6 Å². The Labute approximate surface area is 155 Å². The number of nitrogens with zero attached hydrogens (tertiary/aromatic N) is 5. The molecule has 1 aliphatic heterocycles. The molecule has 0 radical (unpaired) electrons. The summed E-state index contributed by atoms with van der Waals surface area (Å²) in [4.78, 5) is 7.96. The summed E-state index contributed by atoms with van der Waals surface area (Å²) in [6.07, 6.45) is 6.57. The minimum absolute atomic E-state index is 0.0944. The first-order valence-electron chi connectivity index (χ1n) is 8.43. The Bertz CT molecular complexity index is 1040. The van der Waals surface area contributed by atoms with E-state index >= 15 is 0 Å². The molecule has 4 rings (SSSR count). The van der Waals surface area contributed by atoms with Crippen molar-refractivity contribution < 1.29 is 17.2 Å². The van der Waals surface area contributed by atoms with E-state index in [0.29, 0.717) is 25.1 Å². The fraction of sp³-hybridized carbons (Fsp3) is 0.294. The molecule has 0 spiro atoms. The number of hydrogen-bond acceptors (Lipinski definition) is 7. The van der Waals surface area contributed by atoms with Crippen LogP contribution in [-0.2, 0) is 10.0 Å². The van der Waals surface area contributed by atoms with Crippen molar-refractivity contribution in [2.45, 2.75) is 30.2 Å². The Morgan fingerprint density at radius 3 is 2.85 bits per heavy atom. The van der Waals surface area contributed by atoms with Gasteiger partial charge in [-0.1, -0.05) is 12.5 Å². The lowest BCUT2D eigenvalue weighted by Gasteiger charge is -2.32. The van der Waals surface area contributed by atoms with Crippen molar-refractivity contribution in [2.24, 2.45) is 0 Å². The number of sulfonamides is 1. The van der Waals surface area contributed by atoms with Crippen LogP contribution in [0.5, 0.6) is 0 Å². The summed E-state index contributed by atoms with van der Waals surface area (Å²) >= 11 is 0. The molecule has 0 saturated carbocycles. The summed E-state index contributed by atoms with van der Waals surface area (Å²) in [7, 11) is -3.90. The number of hydrogen-bond donors (Lipinski definition) is 0. The van der Waals surface area contributed by atoms with Crippen molar-refractivity contribution in [3.63, 3.8) is 0 Å². The third-order valence-electron chi connectivity index (χ3n) is 4.36. The summed E-state index contributed by atoms with van der Waals surface area (Å²) in [5.74, 6) is -0.241. The first-order valence-corrected chi connectivity index (χ1v) is 9.87. The lowest BCUT2D eigenvalue weighted by atomic mass is 10.1. The van der Waals surface area contributed by atoms with Crippen LogP contribution < -0.4 is 0 Å². The van der Waals surface area contributed by atoms with Crippen LogP contribution in [0.3, 0.4) is 0 Å². The van der Waals surface area contributed by atoms with Gasteiger partial charge in [-0.05, 0) is 31.0 Å². The van der Waals surface area contributed by atoms with Crippen LogP contribution in [0, 0.1) is 5.82 Å². The predicted molar refractivity (Wildman–Crippen MR) is 92.2 cm³/mol. The molecule has 1 atom stereocenters. The van der Waals surface area contributed by atoms with Crippen LogP contribution in [-0.4, -0.2) is 39.4 Å². The van der Waals surface area contributed by atoms with E-state index in [1.807, 2.05) is 0 Å². The van der Waals surface area contributed by atoms with Crippen molar-refractivity contribution in [3.8, 4) is 11.6 Å². The van der Waals surface area contributed by atoms with Gasteiger partial charge in [0.05, 0.1) is 11.1 Å². The first-order chi connectivity index (χ1) is 13.1. The van der Waals surface area contributed by atoms with Gasteiger partial charge in [0.25, 0.3) is 5.89 Å². The molecule has 8 nitrogen and oxygen atoms in total. The van der Waals surface area contributed by atoms with E-state index in [-0.39, 0.29) is 16.7 Å². The van der Waals surface area contributed by atoms with Crippen molar-refractivity contribution in [1.82, 2.24) is 24.5 Å². The van der Waals surface area contributed by atoms with Gasteiger partial charge in [-0.3, -0.25) is 4.98 Å².